The van der Waals surface area contributed by atoms with E-state index in [1.165, 1.54) is 116 Å². The predicted molar refractivity (Wildman–Crippen MR) is 186 cm³/mol. The molecule has 0 aromatic carbocycles. The molecule has 47 heavy (non-hydrogen) atoms. The third kappa shape index (κ3) is 15.5. The van der Waals surface area contributed by atoms with E-state index in [2.05, 4.69) is 13.8 Å². The molecular weight excluding hydrogens is 592 g/mol. The Morgan fingerprint density at radius 3 is 1.13 bits per heavy atom. The maximum absolute atomic E-state index is 13.0. The number of unbranched alkanes of at least 4 members (excludes halogenated alkanes) is 16. The fourth-order valence-electron chi connectivity index (χ4n) is 7.73. The normalized spacial score (nSPS) is 28.9. The summed E-state index contributed by atoms with van der Waals surface area (Å²) >= 11 is 0. The molecule has 3 heterocycles. The summed E-state index contributed by atoms with van der Waals surface area (Å²) in [5.41, 5.74) is 0. The highest BCUT2D eigenvalue weighted by Gasteiger charge is 2.53. The Hall–Kier alpha value is -1.18. The SMILES string of the molecule is CCCCCCCCCCC1OC1CCCCOC(=O)C1CC2OC2CC1C(=O)OCCCCC1OC1CCCCCCCCCC. The van der Waals surface area contributed by atoms with Crippen molar-refractivity contribution >= 4 is 11.9 Å². The summed E-state index contributed by atoms with van der Waals surface area (Å²) in [5.74, 6) is -1.42. The molecule has 0 amide bonds. The van der Waals surface area contributed by atoms with Crippen LogP contribution in [0.1, 0.15) is 181 Å². The van der Waals surface area contributed by atoms with Gasteiger partial charge in [0, 0.05) is 0 Å². The van der Waals surface area contributed by atoms with Gasteiger partial charge in [0.05, 0.1) is 61.7 Å². The van der Waals surface area contributed by atoms with E-state index in [0.29, 0.717) is 50.5 Å². The Bertz CT molecular complexity index is 796. The van der Waals surface area contributed by atoms with E-state index in [1.54, 1.807) is 0 Å². The fourth-order valence-corrected chi connectivity index (χ4v) is 7.73. The lowest BCUT2D eigenvalue weighted by Crippen LogP contribution is -2.37. The van der Waals surface area contributed by atoms with Gasteiger partial charge in [0.2, 0.25) is 0 Å². The van der Waals surface area contributed by atoms with Crippen molar-refractivity contribution in [1.82, 2.24) is 0 Å². The summed E-state index contributed by atoms with van der Waals surface area (Å²) < 4.78 is 28.8. The first-order valence-electron chi connectivity index (χ1n) is 20.4. The van der Waals surface area contributed by atoms with E-state index in [1.807, 2.05) is 0 Å². The van der Waals surface area contributed by atoms with Gasteiger partial charge < -0.3 is 23.7 Å². The van der Waals surface area contributed by atoms with Crippen molar-refractivity contribution in [3.05, 3.63) is 0 Å². The van der Waals surface area contributed by atoms with Gasteiger partial charge in [-0.3, -0.25) is 9.59 Å². The van der Waals surface area contributed by atoms with Gasteiger partial charge >= 0.3 is 11.9 Å². The lowest BCUT2D eigenvalue weighted by molar-refractivity contribution is -0.162. The second kappa shape index (κ2) is 22.5. The van der Waals surface area contributed by atoms with Crippen molar-refractivity contribution in [2.45, 2.75) is 217 Å². The van der Waals surface area contributed by atoms with Gasteiger partial charge in [0.25, 0.3) is 0 Å². The number of hydrogen-bond acceptors (Lipinski definition) is 7. The number of esters is 2. The van der Waals surface area contributed by atoms with E-state index in [-0.39, 0.29) is 24.1 Å². The largest absolute Gasteiger partial charge is 0.465 e. The number of rotatable bonds is 30. The second-order valence-corrected chi connectivity index (χ2v) is 15.2. The highest BCUT2D eigenvalue weighted by molar-refractivity contribution is 5.82. The summed E-state index contributed by atoms with van der Waals surface area (Å²) in [7, 11) is 0. The van der Waals surface area contributed by atoms with Crippen LogP contribution in [0.3, 0.4) is 0 Å². The molecule has 0 spiro atoms. The van der Waals surface area contributed by atoms with Crippen LogP contribution in [0.2, 0.25) is 0 Å². The molecule has 3 saturated heterocycles. The second-order valence-electron chi connectivity index (χ2n) is 15.2. The molecule has 0 aromatic rings. The van der Waals surface area contributed by atoms with Crippen LogP contribution in [0.15, 0.2) is 0 Å². The molecule has 7 heteroatoms. The zero-order valence-corrected chi connectivity index (χ0v) is 30.3. The van der Waals surface area contributed by atoms with Crippen LogP contribution in [0, 0.1) is 11.8 Å². The zero-order chi connectivity index (χ0) is 33.1. The minimum Gasteiger partial charge on any atom is -0.465 e. The number of carbonyl (C=O) groups is 2. The average Bonchev–Trinajstić information content (AvgIpc) is 3.99. The van der Waals surface area contributed by atoms with Gasteiger partial charge in [-0.1, -0.05) is 117 Å². The van der Waals surface area contributed by atoms with Crippen molar-refractivity contribution in [1.29, 1.82) is 0 Å². The number of ether oxygens (including phenoxy) is 5. The van der Waals surface area contributed by atoms with Crippen molar-refractivity contribution in [2.24, 2.45) is 11.8 Å². The molecule has 8 atom stereocenters. The average molecular weight is 663 g/mol. The third-order valence-corrected chi connectivity index (χ3v) is 11.1. The topological polar surface area (TPSA) is 90.2 Å². The number of epoxide rings is 3. The Morgan fingerprint density at radius 1 is 0.447 bits per heavy atom. The predicted octanol–water partition coefficient (Wildman–Crippen LogP) is 9.80. The number of carbonyl (C=O) groups excluding carboxylic acids is 2. The molecule has 4 fully saturated rings. The minimum absolute atomic E-state index is 0.0962. The van der Waals surface area contributed by atoms with Gasteiger partial charge in [-0.2, -0.15) is 0 Å². The van der Waals surface area contributed by atoms with Crippen LogP contribution in [0.5, 0.6) is 0 Å². The molecule has 8 unspecified atom stereocenters. The van der Waals surface area contributed by atoms with E-state index >= 15 is 0 Å². The van der Waals surface area contributed by atoms with Crippen LogP contribution in [-0.4, -0.2) is 61.8 Å². The van der Waals surface area contributed by atoms with Crippen molar-refractivity contribution in [3.8, 4) is 0 Å². The third-order valence-electron chi connectivity index (χ3n) is 11.1. The maximum atomic E-state index is 13.0. The molecule has 0 N–H and O–H groups in total. The van der Waals surface area contributed by atoms with E-state index in [0.717, 1.165) is 38.5 Å². The standard InChI is InChI=1S/C40H70O7/c1-3-5-7-9-11-13-15-17-23-33-35(45-33)25-19-21-27-43-39(41)31-29-37-38(47-37)30-32(31)40(42)44-28-22-20-26-36-34(46-36)24-18-16-14-12-10-8-6-4-2/h31-38H,3-30H2,1-2H3. The van der Waals surface area contributed by atoms with Crippen LogP contribution in [-0.2, 0) is 33.3 Å². The van der Waals surface area contributed by atoms with E-state index < -0.39 is 11.8 Å². The fraction of sp³-hybridized carbons (Fsp3) is 0.950. The Labute approximate surface area is 287 Å². The first kappa shape index (κ1) is 38.6. The van der Waals surface area contributed by atoms with Gasteiger partial charge in [-0.15, -0.1) is 0 Å². The zero-order valence-electron chi connectivity index (χ0n) is 30.3. The molecule has 1 aliphatic carbocycles. The molecule has 4 aliphatic rings. The molecule has 0 bridgehead atoms. The van der Waals surface area contributed by atoms with Crippen LogP contribution < -0.4 is 0 Å². The summed E-state index contributed by atoms with van der Waals surface area (Å²) in [6.07, 6.45) is 32.8. The highest BCUT2D eigenvalue weighted by Crippen LogP contribution is 2.44. The van der Waals surface area contributed by atoms with Crippen molar-refractivity contribution in [3.63, 3.8) is 0 Å². The number of fused-ring (bicyclic) bond motifs is 1. The van der Waals surface area contributed by atoms with E-state index in [4.69, 9.17) is 23.7 Å². The van der Waals surface area contributed by atoms with Gasteiger partial charge in [0.1, 0.15) is 0 Å². The van der Waals surface area contributed by atoms with Crippen LogP contribution in [0.25, 0.3) is 0 Å². The first-order chi connectivity index (χ1) is 23.1. The molecule has 0 aromatic heterocycles. The molecule has 3 aliphatic heterocycles. The Kier molecular flexibility index (Phi) is 18.5. The van der Waals surface area contributed by atoms with Gasteiger partial charge in [-0.25, -0.2) is 0 Å². The smallest absolute Gasteiger partial charge is 0.309 e. The van der Waals surface area contributed by atoms with Crippen molar-refractivity contribution in [2.75, 3.05) is 13.2 Å². The summed E-state index contributed by atoms with van der Waals surface area (Å²) in [5, 5.41) is 0. The quantitative estimate of drug-likeness (QED) is 0.0430. The van der Waals surface area contributed by atoms with Crippen molar-refractivity contribution < 1.29 is 33.3 Å². The molecular formula is C40H70O7. The molecule has 4 rings (SSSR count). The summed E-state index contributed by atoms with van der Waals surface area (Å²) in [4.78, 5) is 26.0. The molecule has 272 valence electrons. The number of hydrogen-bond donors (Lipinski definition) is 0. The molecule has 1 saturated carbocycles. The van der Waals surface area contributed by atoms with E-state index in [9.17, 15) is 9.59 Å². The Morgan fingerprint density at radius 2 is 0.766 bits per heavy atom. The highest BCUT2D eigenvalue weighted by atomic mass is 16.6. The Balaban J connectivity index is 0.969. The molecule has 7 nitrogen and oxygen atoms in total. The summed E-state index contributed by atoms with van der Waals surface area (Å²) in [6.45, 7) is 5.35. The minimum atomic E-state index is -0.453. The first-order valence-corrected chi connectivity index (χ1v) is 20.4. The van der Waals surface area contributed by atoms with Gasteiger partial charge in [-0.05, 0) is 64.2 Å². The van der Waals surface area contributed by atoms with Crippen LogP contribution >= 0.6 is 0 Å². The lowest BCUT2D eigenvalue weighted by atomic mass is 9.79. The summed E-state index contributed by atoms with van der Waals surface area (Å²) in [6, 6.07) is 0. The lowest BCUT2D eigenvalue weighted by Gasteiger charge is -2.26. The maximum Gasteiger partial charge on any atom is 0.309 e. The van der Waals surface area contributed by atoms with Crippen LogP contribution in [0.4, 0.5) is 0 Å². The monoisotopic (exact) mass is 663 g/mol. The van der Waals surface area contributed by atoms with Gasteiger partial charge in [0.15, 0.2) is 0 Å². The molecule has 0 radical (unpaired) electrons.